The van der Waals surface area contributed by atoms with Gasteiger partial charge in [-0.15, -0.1) is 0 Å². The first-order valence-electron chi connectivity index (χ1n) is 3.84. The van der Waals surface area contributed by atoms with Crippen LogP contribution in [-0.2, 0) is 6.42 Å². The van der Waals surface area contributed by atoms with Crippen molar-refractivity contribution in [1.82, 2.24) is 4.98 Å². The summed E-state index contributed by atoms with van der Waals surface area (Å²) >= 11 is 0. The molecule has 0 aliphatic rings. The summed E-state index contributed by atoms with van der Waals surface area (Å²) < 4.78 is 37.7. The molecule has 0 N–H and O–H groups in total. The van der Waals surface area contributed by atoms with Crippen LogP contribution in [0.3, 0.4) is 0 Å². The topological polar surface area (TPSA) is 60.5 Å². The van der Waals surface area contributed by atoms with Crippen molar-refractivity contribution in [1.29, 1.82) is 10.5 Å². The molecular formula is C9H4F3N3. The van der Waals surface area contributed by atoms with Crippen LogP contribution < -0.4 is 0 Å². The van der Waals surface area contributed by atoms with Crippen molar-refractivity contribution < 1.29 is 13.2 Å². The van der Waals surface area contributed by atoms with Crippen molar-refractivity contribution in [2.24, 2.45) is 0 Å². The van der Waals surface area contributed by atoms with Crippen molar-refractivity contribution in [2.45, 2.75) is 12.8 Å². The highest BCUT2D eigenvalue weighted by molar-refractivity contribution is 5.32. The minimum Gasteiger partial charge on any atom is -0.238 e. The third kappa shape index (κ3) is 2.23. The maximum atomic E-state index is 13.1. The second-order valence-electron chi connectivity index (χ2n) is 2.61. The lowest BCUT2D eigenvalue weighted by Crippen LogP contribution is -2.02. The smallest absolute Gasteiger partial charge is 0.238 e. The van der Waals surface area contributed by atoms with Gasteiger partial charge >= 0.3 is 0 Å². The Balaban J connectivity index is 3.35. The summed E-state index contributed by atoms with van der Waals surface area (Å²) in [5.41, 5.74) is -1.64. The Morgan fingerprint density at radius 3 is 2.53 bits per heavy atom. The third-order valence-electron chi connectivity index (χ3n) is 1.64. The van der Waals surface area contributed by atoms with Gasteiger partial charge in [-0.2, -0.15) is 10.5 Å². The number of nitrogens with zero attached hydrogens (tertiary/aromatic N) is 3. The minimum absolute atomic E-state index is 0.0363. The first kappa shape index (κ1) is 11.0. The van der Waals surface area contributed by atoms with Crippen LogP contribution >= 0.6 is 0 Å². The predicted octanol–water partition coefficient (Wildman–Crippen LogP) is 2.10. The Kier molecular flexibility index (Phi) is 3.25. The first-order chi connectivity index (χ1) is 7.10. The zero-order chi connectivity index (χ0) is 11.4. The molecule has 0 bridgehead atoms. The number of aromatic nitrogens is 1. The van der Waals surface area contributed by atoms with E-state index in [1.54, 1.807) is 6.07 Å². The fourth-order valence-corrected chi connectivity index (χ4v) is 1.01. The maximum Gasteiger partial charge on any atom is 0.266 e. The molecule has 1 aromatic rings. The van der Waals surface area contributed by atoms with Crippen molar-refractivity contribution >= 4 is 0 Å². The van der Waals surface area contributed by atoms with Crippen LogP contribution in [0.25, 0.3) is 0 Å². The van der Waals surface area contributed by atoms with Crippen molar-refractivity contribution in [2.75, 3.05) is 0 Å². The van der Waals surface area contributed by atoms with Crippen LogP contribution in [-0.4, -0.2) is 4.98 Å². The number of pyridine rings is 1. The number of alkyl halides is 2. The van der Waals surface area contributed by atoms with E-state index in [1.165, 1.54) is 6.07 Å². The van der Waals surface area contributed by atoms with Gasteiger partial charge < -0.3 is 0 Å². The van der Waals surface area contributed by atoms with Crippen LogP contribution in [0.2, 0.25) is 0 Å². The molecule has 0 spiro atoms. The quantitative estimate of drug-likeness (QED) is 0.752. The Morgan fingerprint density at radius 1 is 1.40 bits per heavy atom. The molecular weight excluding hydrogens is 207 g/mol. The largest absolute Gasteiger partial charge is 0.266 e. The van der Waals surface area contributed by atoms with E-state index in [2.05, 4.69) is 4.98 Å². The molecule has 0 amide bonds. The molecule has 1 rings (SSSR count). The van der Waals surface area contributed by atoms with Crippen LogP contribution in [0, 0.1) is 28.5 Å². The van der Waals surface area contributed by atoms with Crippen molar-refractivity contribution in [3.8, 4) is 12.1 Å². The molecule has 0 aromatic carbocycles. The SMILES string of the molecule is N#CCc1cc(C(F)F)c(F)c(C#N)n1. The number of halogens is 3. The number of rotatable bonds is 2. The monoisotopic (exact) mass is 211 g/mol. The highest BCUT2D eigenvalue weighted by atomic mass is 19.3. The molecule has 76 valence electrons. The van der Waals surface area contributed by atoms with Gasteiger partial charge in [0.15, 0.2) is 11.5 Å². The molecule has 0 aliphatic heterocycles. The molecule has 3 nitrogen and oxygen atoms in total. The Bertz CT molecular complexity index is 457. The van der Waals surface area contributed by atoms with E-state index in [9.17, 15) is 13.2 Å². The highest BCUT2D eigenvalue weighted by Crippen LogP contribution is 2.24. The van der Waals surface area contributed by atoms with Gasteiger partial charge in [0.25, 0.3) is 6.43 Å². The van der Waals surface area contributed by atoms with Crippen LogP contribution in [0.4, 0.5) is 13.2 Å². The molecule has 0 saturated carbocycles. The second kappa shape index (κ2) is 4.43. The maximum absolute atomic E-state index is 13.1. The Hall–Kier alpha value is -2.08. The first-order valence-corrected chi connectivity index (χ1v) is 3.84. The lowest BCUT2D eigenvalue weighted by molar-refractivity contribution is 0.146. The standard InChI is InChI=1S/C9H4F3N3/c10-8-6(9(11)12)3-5(1-2-13)15-7(8)4-14/h3,9H,1H2. The van der Waals surface area contributed by atoms with Gasteiger partial charge in [0.05, 0.1) is 23.7 Å². The molecule has 1 aromatic heterocycles. The average molecular weight is 211 g/mol. The Labute approximate surface area is 83.4 Å². The lowest BCUT2D eigenvalue weighted by atomic mass is 10.1. The zero-order valence-electron chi connectivity index (χ0n) is 7.34. The third-order valence-corrected chi connectivity index (χ3v) is 1.64. The van der Waals surface area contributed by atoms with Crippen LogP contribution in [0.15, 0.2) is 6.07 Å². The molecule has 0 unspecified atom stereocenters. The fourth-order valence-electron chi connectivity index (χ4n) is 1.01. The van der Waals surface area contributed by atoms with E-state index in [0.717, 1.165) is 6.07 Å². The fraction of sp³-hybridized carbons (Fsp3) is 0.222. The van der Waals surface area contributed by atoms with Gasteiger partial charge in [-0.3, -0.25) is 0 Å². The number of nitriles is 2. The van der Waals surface area contributed by atoms with E-state index in [0.29, 0.717) is 0 Å². The second-order valence-corrected chi connectivity index (χ2v) is 2.61. The molecule has 0 fully saturated rings. The number of hydrogen-bond donors (Lipinski definition) is 0. The van der Waals surface area contributed by atoms with Gasteiger partial charge in [0.2, 0.25) is 0 Å². The summed E-state index contributed by atoms with van der Waals surface area (Å²) in [6.07, 6.45) is -3.27. The minimum atomic E-state index is -3.03. The van der Waals surface area contributed by atoms with Crippen molar-refractivity contribution in [3.63, 3.8) is 0 Å². The van der Waals surface area contributed by atoms with E-state index in [1.807, 2.05) is 0 Å². The molecule has 1 heterocycles. The molecule has 6 heteroatoms. The number of hydrogen-bond acceptors (Lipinski definition) is 3. The van der Waals surface area contributed by atoms with Gasteiger partial charge in [-0.25, -0.2) is 18.2 Å². The summed E-state index contributed by atoms with van der Waals surface area (Å²) in [4.78, 5) is 3.43. The normalized spacial score (nSPS) is 9.73. The lowest BCUT2D eigenvalue weighted by Gasteiger charge is -2.04. The summed E-state index contributed by atoms with van der Waals surface area (Å²) in [7, 11) is 0. The van der Waals surface area contributed by atoms with Gasteiger partial charge in [-0.05, 0) is 6.07 Å². The van der Waals surface area contributed by atoms with Gasteiger partial charge in [0, 0.05) is 0 Å². The molecule has 15 heavy (non-hydrogen) atoms. The van der Waals surface area contributed by atoms with Gasteiger partial charge in [0.1, 0.15) is 6.07 Å². The molecule has 0 aliphatic carbocycles. The molecule has 0 saturated heterocycles. The van der Waals surface area contributed by atoms with Crippen LogP contribution in [0.1, 0.15) is 23.4 Å². The van der Waals surface area contributed by atoms with E-state index >= 15 is 0 Å². The van der Waals surface area contributed by atoms with Crippen LogP contribution in [0.5, 0.6) is 0 Å². The molecule has 0 radical (unpaired) electrons. The van der Waals surface area contributed by atoms with E-state index in [4.69, 9.17) is 10.5 Å². The summed E-state index contributed by atoms with van der Waals surface area (Å²) in [5.74, 6) is -1.32. The zero-order valence-corrected chi connectivity index (χ0v) is 7.34. The summed E-state index contributed by atoms with van der Waals surface area (Å²) in [6, 6.07) is 3.84. The average Bonchev–Trinajstić information content (AvgIpc) is 2.20. The summed E-state index contributed by atoms with van der Waals surface area (Å²) in [5, 5.41) is 16.8. The molecule has 0 atom stereocenters. The predicted molar refractivity (Wildman–Crippen MR) is 43.2 cm³/mol. The van der Waals surface area contributed by atoms with Gasteiger partial charge in [-0.1, -0.05) is 0 Å². The van der Waals surface area contributed by atoms with E-state index < -0.39 is 23.5 Å². The van der Waals surface area contributed by atoms with E-state index in [-0.39, 0.29) is 12.1 Å². The highest BCUT2D eigenvalue weighted by Gasteiger charge is 2.19. The Morgan fingerprint density at radius 2 is 2.07 bits per heavy atom. The summed E-state index contributed by atoms with van der Waals surface area (Å²) in [6.45, 7) is 0. The van der Waals surface area contributed by atoms with Crippen molar-refractivity contribution in [3.05, 3.63) is 28.8 Å².